The van der Waals surface area contributed by atoms with E-state index in [1.165, 1.54) is 0 Å². The van der Waals surface area contributed by atoms with Crippen LogP contribution in [0.25, 0.3) is 11.1 Å². The van der Waals surface area contributed by atoms with E-state index in [1.807, 2.05) is 53.9 Å². The maximum absolute atomic E-state index is 12.6. The van der Waals surface area contributed by atoms with Gasteiger partial charge in [-0.3, -0.25) is 9.78 Å². The third kappa shape index (κ3) is 2.16. The molecule has 2 aromatic heterocycles. The summed E-state index contributed by atoms with van der Waals surface area (Å²) in [5.74, 6) is -0.0653. The molecule has 0 radical (unpaired) electrons. The maximum atomic E-state index is 12.6. The van der Waals surface area contributed by atoms with Crippen molar-refractivity contribution < 1.29 is 4.79 Å². The van der Waals surface area contributed by atoms with Crippen LogP contribution in [0, 0.1) is 0 Å². The number of carbonyl (C=O) groups is 1. The molecule has 0 bridgehead atoms. The van der Waals surface area contributed by atoms with Crippen molar-refractivity contribution in [2.45, 2.75) is 6.17 Å². The van der Waals surface area contributed by atoms with E-state index in [1.54, 1.807) is 17.5 Å². The van der Waals surface area contributed by atoms with Crippen molar-refractivity contribution in [2.24, 2.45) is 0 Å². The maximum Gasteiger partial charge on any atom is 0.256 e. The van der Waals surface area contributed by atoms with E-state index in [0.29, 0.717) is 5.56 Å². The summed E-state index contributed by atoms with van der Waals surface area (Å²) in [4.78, 5) is 16.9. The first-order chi connectivity index (χ1) is 10.8. The van der Waals surface area contributed by atoms with Crippen LogP contribution in [0.15, 0.2) is 60.1 Å². The number of carbonyl (C=O) groups excluding carboxylic acids is 1. The summed E-state index contributed by atoms with van der Waals surface area (Å²) < 4.78 is 0. The van der Waals surface area contributed by atoms with Gasteiger partial charge in [0.15, 0.2) is 0 Å². The van der Waals surface area contributed by atoms with Crippen molar-refractivity contribution in [2.75, 3.05) is 5.32 Å². The summed E-state index contributed by atoms with van der Waals surface area (Å²) in [6.07, 6.45) is 1.44. The van der Waals surface area contributed by atoms with Crippen molar-refractivity contribution in [3.8, 4) is 11.1 Å². The number of anilines is 1. The fourth-order valence-electron chi connectivity index (χ4n) is 2.58. The lowest BCUT2D eigenvalue weighted by molar-refractivity contribution is 0.0936. The first-order valence-corrected chi connectivity index (χ1v) is 7.86. The van der Waals surface area contributed by atoms with Gasteiger partial charge >= 0.3 is 0 Å². The third-order valence-electron chi connectivity index (χ3n) is 3.64. The van der Waals surface area contributed by atoms with E-state index in [4.69, 9.17) is 0 Å². The van der Waals surface area contributed by atoms with Gasteiger partial charge in [-0.15, -0.1) is 11.3 Å². The molecule has 0 aliphatic carbocycles. The molecule has 4 rings (SSSR count). The van der Waals surface area contributed by atoms with Gasteiger partial charge in [0.25, 0.3) is 5.91 Å². The molecular formula is C17H13N3OS. The van der Waals surface area contributed by atoms with Crippen molar-refractivity contribution >= 4 is 22.2 Å². The molecule has 2 N–H and O–H groups in total. The van der Waals surface area contributed by atoms with Crippen LogP contribution in [0.3, 0.4) is 0 Å². The SMILES string of the molecule is O=C1N[C@H](c2ccccn2)Nc2scc(-c3ccccc3)c21. The van der Waals surface area contributed by atoms with Crippen LogP contribution in [-0.2, 0) is 0 Å². The molecule has 0 spiro atoms. The number of amides is 1. The molecule has 108 valence electrons. The lowest BCUT2D eigenvalue weighted by atomic mass is 10.0. The molecule has 1 amide bonds. The van der Waals surface area contributed by atoms with Gasteiger partial charge in [-0.05, 0) is 17.7 Å². The van der Waals surface area contributed by atoms with E-state index in [2.05, 4.69) is 15.6 Å². The van der Waals surface area contributed by atoms with Gasteiger partial charge in [-0.1, -0.05) is 36.4 Å². The number of thiophene rings is 1. The van der Waals surface area contributed by atoms with E-state index >= 15 is 0 Å². The highest BCUT2D eigenvalue weighted by Crippen LogP contribution is 2.39. The Morgan fingerprint density at radius 2 is 1.82 bits per heavy atom. The molecule has 0 saturated heterocycles. The fourth-order valence-corrected chi connectivity index (χ4v) is 3.58. The molecule has 0 saturated carbocycles. The van der Waals surface area contributed by atoms with Crippen molar-refractivity contribution in [3.05, 3.63) is 71.4 Å². The zero-order chi connectivity index (χ0) is 14.9. The largest absolute Gasteiger partial charge is 0.351 e. The second-order valence-electron chi connectivity index (χ2n) is 5.02. The summed E-state index contributed by atoms with van der Waals surface area (Å²) in [7, 11) is 0. The predicted molar refractivity (Wildman–Crippen MR) is 87.8 cm³/mol. The van der Waals surface area contributed by atoms with Crippen molar-refractivity contribution in [3.63, 3.8) is 0 Å². The van der Waals surface area contributed by atoms with Gasteiger partial charge in [0.2, 0.25) is 0 Å². The molecule has 22 heavy (non-hydrogen) atoms. The van der Waals surface area contributed by atoms with Gasteiger partial charge in [0.05, 0.1) is 11.3 Å². The van der Waals surface area contributed by atoms with Gasteiger partial charge in [-0.25, -0.2) is 0 Å². The zero-order valence-corrected chi connectivity index (χ0v) is 12.4. The second-order valence-corrected chi connectivity index (χ2v) is 5.90. The van der Waals surface area contributed by atoms with E-state index < -0.39 is 0 Å². The van der Waals surface area contributed by atoms with Crippen LogP contribution in [0.5, 0.6) is 0 Å². The molecule has 1 atom stereocenters. The second kappa shape index (κ2) is 5.27. The summed E-state index contributed by atoms with van der Waals surface area (Å²) in [6.45, 7) is 0. The average molecular weight is 307 g/mol. The van der Waals surface area contributed by atoms with Gasteiger partial charge in [0, 0.05) is 17.1 Å². The third-order valence-corrected chi connectivity index (χ3v) is 4.55. The first-order valence-electron chi connectivity index (χ1n) is 6.98. The molecule has 4 nitrogen and oxygen atoms in total. The number of nitrogens with zero attached hydrogens (tertiary/aromatic N) is 1. The lowest BCUT2D eigenvalue weighted by Crippen LogP contribution is -2.38. The zero-order valence-electron chi connectivity index (χ0n) is 11.6. The number of benzene rings is 1. The molecule has 1 aromatic carbocycles. The minimum absolute atomic E-state index is 0.0653. The summed E-state index contributed by atoms with van der Waals surface area (Å²) in [5, 5.41) is 9.25. The van der Waals surface area contributed by atoms with Crippen LogP contribution < -0.4 is 10.6 Å². The van der Waals surface area contributed by atoms with Crippen LogP contribution in [-0.4, -0.2) is 10.9 Å². The van der Waals surface area contributed by atoms with Crippen molar-refractivity contribution in [1.82, 2.24) is 10.3 Å². The monoisotopic (exact) mass is 307 g/mol. The molecule has 5 heteroatoms. The van der Waals surface area contributed by atoms with Crippen LogP contribution in [0.1, 0.15) is 22.2 Å². The van der Waals surface area contributed by atoms with Gasteiger partial charge in [0.1, 0.15) is 11.2 Å². The normalized spacial score (nSPS) is 16.5. The standard InChI is InChI=1S/C17H13N3OS/c21-16-14-12(11-6-2-1-3-7-11)10-22-17(14)20-15(19-16)13-8-4-5-9-18-13/h1-10,15,20H,(H,19,21)/t15-/m0/s1. The summed E-state index contributed by atoms with van der Waals surface area (Å²) in [6, 6.07) is 15.6. The van der Waals surface area contributed by atoms with Crippen LogP contribution >= 0.6 is 11.3 Å². The smallest absolute Gasteiger partial charge is 0.256 e. The molecule has 3 aromatic rings. The molecular weight excluding hydrogens is 294 g/mol. The Bertz CT molecular complexity index is 814. The quantitative estimate of drug-likeness (QED) is 0.759. The molecule has 1 aliphatic rings. The summed E-state index contributed by atoms with van der Waals surface area (Å²) >= 11 is 1.55. The van der Waals surface area contributed by atoms with Gasteiger partial charge < -0.3 is 10.6 Å². The highest BCUT2D eigenvalue weighted by molar-refractivity contribution is 7.15. The number of aromatic nitrogens is 1. The Morgan fingerprint density at radius 1 is 1.00 bits per heavy atom. The predicted octanol–water partition coefficient (Wildman–Crippen LogP) is 3.66. The van der Waals surface area contributed by atoms with Crippen LogP contribution in [0.4, 0.5) is 5.00 Å². The number of pyridine rings is 1. The molecule has 1 aliphatic heterocycles. The van der Waals surface area contributed by atoms with Crippen LogP contribution in [0.2, 0.25) is 0 Å². The number of fused-ring (bicyclic) bond motifs is 1. The Kier molecular flexibility index (Phi) is 3.12. The number of hydrogen-bond acceptors (Lipinski definition) is 4. The van der Waals surface area contributed by atoms with Crippen molar-refractivity contribution in [1.29, 1.82) is 0 Å². The number of rotatable bonds is 2. The first kappa shape index (κ1) is 13.0. The fraction of sp³-hybridized carbons (Fsp3) is 0.0588. The van der Waals surface area contributed by atoms with Gasteiger partial charge in [-0.2, -0.15) is 0 Å². The summed E-state index contributed by atoms with van der Waals surface area (Å²) in [5.41, 5.74) is 3.53. The average Bonchev–Trinajstić information content (AvgIpc) is 3.01. The minimum Gasteiger partial charge on any atom is -0.351 e. The highest BCUT2D eigenvalue weighted by Gasteiger charge is 2.29. The Morgan fingerprint density at radius 3 is 2.59 bits per heavy atom. The Balaban J connectivity index is 1.73. The molecule has 0 unspecified atom stereocenters. The topological polar surface area (TPSA) is 54.0 Å². The van der Waals surface area contributed by atoms with E-state index in [0.717, 1.165) is 21.8 Å². The van der Waals surface area contributed by atoms with E-state index in [-0.39, 0.29) is 12.1 Å². The molecule has 3 heterocycles. The number of hydrogen-bond donors (Lipinski definition) is 2. The number of nitrogens with one attached hydrogen (secondary N) is 2. The Hall–Kier alpha value is -2.66. The lowest BCUT2D eigenvalue weighted by Gasteiger charge is -2.25. The highest BCUT2D eigenvalue weighted by atomic mass is 32.1. The molecule has 0 fully saturated rings. The minimum atomic E-state index is -0.288. The Labute approximate surface area is 131 Å². The van der Waals surface area contributed by atoms with E-state index in [9.17, 15) is 4.79 Å².